The molecule has 0 aliphatic carbocycles. The van der Waals surface area contributed by atoms with Gasteiger partial charge in [-0.15, -0.1) is 0 Å². The largest absolute Gasteiger partial charge is 0.507 e. The number of carbonyl (C=O) groups is 1. The summed E-state index contributed by atoms with van der Waals surface area (Å²) in [5, 5.41) is 15.6. The van der Waals surface area contributed by atoms with Gasteiger partial charge in [-0.3, -0.25) is 4.79 Å². The van der Waals surface area contributed by atoms with Gasteiger partial charge in [-0.2, -0.15) is 5.10 Å². The lowest BCUT2D eigenvalue weighted by Gasteiger charge is -2.34. The van der Waals surface area contributed by atoms with Crippen LogP contribution in [0.25, 0.3) is 16.6 Å². The number of rotatable bonds is 3. The third kappa shape index (κ3) is 3.47. The zero-order valence-corrected chi connectivity index (χ0v) is 19.2. The molecule has 3 aromatic heterocycles. The van der Waals surface area contributed by atoms with Gasteiger partial charge in [0.15, 0.2) is 5.65 Å². The van der Waals surface area contributed by atoms with Crippen molar-refractivity contribution in [3.63, 3.8) is 0 Å². The predicted octanol–water partition coefficient (Wildman–Crippen LogP) is 3.13. The molecule has 9 heteroatoms. The smallest absolute Gasteiger partial charge is 0.270 e. The number of piperidine rings is 1. The number of aromatic amines is 1. The fraction of sp³-hybridized carbons (Fsp3) is 0.400. The molecule has 2 atom stereocenters. The molecule has 0 unspecified atom stereocenters. The number of amides is 1. The summed E-state index contributed by atoms with van der Waals surface area (Å²) in [5.74, 6) is 1.05. The highest BCUT2D eigenvalue weighted by atomic mass is 16.3. The first-order valence-electron chi connectivity index (χ1n) is 12.0. The van der Waals surface area contributed by atoms with E-state index in [9.17, 15) is 9.90 Å². The Labute approximate surface area is 197 Å². The number of nitrogens with two attached hydrogens (primary N) is 1. The van der Waals surface area contributed by atoms with Crippen LogP contribution in [0.1, 0.15) is 53.5 Å². The molecule has 4 aromatic rings. The van der Waals surface area contributed by atoms with Crippen molar-refractivity contribution in [1.29, 1.82) is 0 Å². The highest BCUT2D eigenvalue weighted by molar-refractivity contribution is 5.99. The van der Waals surface area contributed by atoms with Crippen LogP contribution in [0.4, 0.5) is 5.82 Å². The highest BCUT2D eigenvalue weighted by Gasteiger charge is 2.32. The zero-order valence-electron chi connectivity index (χ0n) is 19.2. The van der Waals surface area contributed by atoms with Crippen molar-refractivity contribution in [2.24, 2.45) is 5.73 Å². The fourth-order valence-electron chi connectivity index (χ4n) is 5.37. The first kappa shape index (κ1) is 21.0. The Morgan fingerprint density at radius 1 is 1.21 bits per heavy atom. The summed E-state index contributed by atoms with van der Waals surface area (Å²) in [5.41, 5.74) is 10.0. The lowest BCUT2D eigenvalue weighted by atomic mass is 9.99. The quantitative estimate of drug-likeness (QED) is 0.434. The van der Waals surface area contributed by atoms with Gasteiger partial charge in [0.25, 0.3) is 5.91 Å². The third-order valence-corrected chi connectivity index (χ3v) is 7.12. The number of hydrogen-bond donors (Lipinski definition) is 3. The van der Waals surface area contributed by atoms with E-state index < -0.39 is 0 Å². The number of nitrogens with one attached hydrogen (secondary N) is 1. The molecule has 5 heterocycles. The zero-order chi connectivity index (χ0) is 23.4. The van der Waals surface area contributed by atoms with Crippen LogP contribution < -0.4 is 10.6 Å². The van der Waals surface area contributed by atoms with Crippen molar-refractivity contribution >= 4 is 28.3 Å². The molecule has 176 valence electrons. The Bertz CT molecular complexity index is 1390. The molecule has 2 aliphatic rings. The predicted molar refractivity (Wildman–Crippen MR) is 130 cm³/mol. The number of phenols is 1. The van der Waals surface area contributed by atoms with Crippen LogP contribution in [-0.4, -0.2) is 61.2 Å². The molecule has 34 heavy (non-hydrogen) atoms. The van der Waals surface area contributed by atoms with Gasteiger partial charge < -0.3 is 25.6 Å². The SMILES string of the molecule is Cc1cn2nc([C@@H]3CCCCN3C(=O)c3cc4c(O)cccc4[nH]3)cc2nc1N1CC[C@H](N)C1. The molecule has 4 N–H and O–H groups in total. The number of hydrogen-bond acceptors (Lipinski definition) is 6. The number of likely N-dealkylation sites (tertiary alicyclic amines) is 1. The summed E-state index contributed by atoms with van der Waals surface area (Å²) in [7, 11) is 0. The van der Waals surface area contributed by atoms with E-state index in [1.165, 1.54) is 0 Å². The molecular formula is C25H29N7O2. The summed E-state index contributed by atoms with van der Waals surface area (Å²) in [6.45, 7) is 4.45. The second-order valence-corrected chi connectivity index (χ2v) is 9.55. The van der Waals surface area contributed by atoms with Crippen LogP contribution in [-0.2, 0) is 0 Å². The molecule has 6 rings (SSSR count). The number of carbonyl (C=O) groups excluding carboxylic acids is 1. The maximum absolute atomic E-state index is 13.5. The number of aromatic hydroxyl groups is 1. The summed E-state index contributed by atoms with van der Waals surface area (Å²) < 4.78 is 1.82. The molecule has 2 fully saturated rings. The second-order valence-electron chi connectivity index (χ2n) is 9.55. The molecule has 9 nitrogen and oxygen atoms in total. The average molecular weight is 460 g/mol. The van der Waals surface area contributed by atoms with Crippen molar-refractivity contribution in [3.05, 3.63) is 53.5 Å². The summed E-state index contributed by atoms with van der Waals surface area (Å²) in [4.78, 5) is 25.8. The van der Waals surface area contributed by atoms with Crippen LogP contribution in [0.3, 0.4) is 0 Å². The Morgan fingerprint density at radius 3 is 2.88 bits per heavy atom. The molecule has 1 amide bonds. The Kier molecular flexibility index (Phi) is 4.95. The maximum Gasteiger partial charge on any atom is 0.270 e. The molecule has 0 radical (unpaired) electrons. The monoisotopic (exact) mass is 459 g/mol. The third-order valence-electron chi connectivity index (χ3n) is 7.12. The van der Waals surface area contributed by atoms with Gasteiger partial charge in [0.1, 0.15) is 17.3 Å². The van der Waals surface area contributed by atoms with E-state index in [0.29, 0.717) is 17.6 Å². The van der Waals surface area contributed by atoms with Crippen molar-refractivity contribution in [2.45, 2.75) is 44.7 Å². The summed E-state index contributed by atoms with van der Waals surface area (Å²) >= 11 is 0. The molecule has 1 aromatic carbocycles. The van der Waals surface area contributed by atoms with E-state index in [-0.39, 0.29) is 23.7 Å². The minimum Gasteiger partial charge on any atom is -0.507 e. The van der Waals surface area contributed by atoms with Gasteiger partial charge >= 0.3 is 0 Å². The van der Waals surface area contributed by atoms with E-state index in [0.717, 1.165) is 67.0 Å². The van der Waals surface area contributed by atoms with Crippen LogP contribution in [0, 0.1) is 6.92 Å². The Hall–Kier alpha value is -3.59. The molecule has 0 bridgehead atoms. The molecule has 0 spiro atoms. The number of fused-ring (bicyclic) bond motifs is 2. The minimum absolute atomic E-state index is 0.0757. The van der Waals surface area contributed by atoms with Gasteiger partial charge in [-0.25, -0.2) is 9.50 Å². The van der Waals surface area contributed by atoms with E-state index in [4.69, 9.17) is 15.8 Å². The lowest BCUT2D eigenvalue weighted by Crippen LogP contribution is -2.38. The normalized spacial score (nSPS) is 21.1. The van der Waals surface area contributed by atoms with Crippen LogP contribution in [0.5, 0.6) is 5.75 Å². The second kappa shape index (κ2) is 8.02. The van der Waals surface area contributed by atoms with Gasteiger partial charge in [-0.1, -0.05) is 6.07 Å². The first-order valence-corrected chi connectivity index (χ1v) is 12.0. The number of nitrogens with zero attached hydrogens (tertiary/aromatic N) is 5. The molecule has 0 saturated carbocycles. The number of aryl methyl sites for hydroxylation is 1. The van der Waals surface area contributed by atoms with Gasteiger partial charge in [0.05, 0.1) is 11.7 Å². The summed E-state index contributed by atoms with van der Waals surface area (Å²) in [6, 6.07) is 9.07. The lowest BCUT2D eigenvalue weighted by molar-refractivity contribution is 0.0600. The maximum atomic E-state index is 13.5. The van der Waals surface area contributed by atoms with Crippen molar-refractivity contribution in [3.8, 4) is 5.75 Å². The standard InChI is InChI=1S/C25H29N7O2/c1-15-13-32-23(28-24(15)30-10-8-16(26)14-30)12-19(29-32)21-6-2-3-9-31(21)25(34)20-11-17-18(27-20)5-4-7-22(17)33/h4-5,7,11-13,16,21,27,33H,2-3,6,8-10,14,26H2,1H3/t16-,21-/m0/s1. The molecular weight excluding hydrogens is 430 g/mol. The topological polar surface area (TPSA) is 116 Å². The average Bonchev–Trinajstić information content (AvgIpc) is 3.56. The number of phenolic OH excluding ortho intramolecular Hbond substituents is 1. The Morgan fingerprint density at radius 2 is 2.09 bits per heavy atom. The van der Waals surface area contributed by atoms with Crippen LogP contribution in [0.2, 0.25) is 0 Å². The van der Waals surface area contributed by atoms with Crippen LogP contribution >= 0.6 is 0 Å². The van der Waals surface area contributed by atoms with Gasteiger partial charge in [0.2, 0.25) is 0 Å². The molecule has 2 saturated heterocycles. The van der Waals surface area contributed by atoms with E-state index in [1.807, 2.05) is 27.7 Å². The van der Waals surface area contributed by atoms with Crippen LogP contribution in [0.15, 0.2) is 36.5 Å². The number of H-pyrrole nitrogens is 1. The number of anilines is 1. The highest BCUT2D eigenvalue weighted by Crippen LogP contribution is 2.34. The summed E-state index contributed by atoms with van der Waals surface area (Å²) in [6.07, 6.45) is 5.84. The molecule has 2 aliphatic heterocycles. The van der Waals surface area contributed by atoms with Crippen molar-refractivity contribution in [2.75, 3.05) is 24.5 Å². The van der Waals surface area contributed by atoms with E-state index in [1.54, 1.807) is 18.2 Å². The Balaban J connectivity index is 1.33. The minimum atomic E-state index is -0.119. The van der Waals surface area contributed by atoms with Crippen molar-refractivity contribution < 1.29 is 9.90 Å². The van der Waals surface area contributed by atoms with E-state index in [2.05, 4.69) is 16.8 Å². The van der Waals surface area contributed by atoms with Gasteiger partial charge in [0, 0.05) is 54.4 Å². The van der Waals surface area contributed by atoms with Crippen molar-refractivity contribution in [1.82, 2.24) is 24.5 Å². The fourth-order valence-corrected chi connectivity index (χ4v) is 5.37. The van der Waals surface area contributed by atoms with Gasteiger partial charge in [-0.05, 0) is 50.8 Å². The first-order chi connectivity index (χ1) is 16.5. The number of benzene rings is 1. The number of aromatic nitrogens is 4. The van der Waals surface area contributed by atoms with E-state index >= 15 is 0 Å².